The summed E-state index contributed by atoms with van der Waals surface area (Å²) in [6.07, 6.45) is 6.77. The van der Waals surface area contributed by atoms with Crippen LogP contribution in [0.1, 0.15) is 50.5 Å². The Hall–Kier alpha value is -2.95. The van der Waals surface area contributed by atoms with Crippen molar-refractivity contribution in [1.29, 1.82) is 5.26 Å². The highest BCUT2D eigenvalue weighted by molar-refractivity contribution is 5.77. The standard InChI is InChI=1S/C23H32N4O4/c1-30-21-16-18(17-24)9-10-20(21)31-15-5-8-22(28)26-11-13-27(14-12-26)23(29)25-19-6-3-2-4-7-19/h9-10,16,19H,2-8,11-15H2,1H3,(H,25,29). The van der Waals surface area contributed by atoms with Crippen molar-refractivity contribution in [3.8, 4) is 17.6 Å². The van der Waals surface area contributed by atoms with Gasteiger partial charge in [-0.25, -0.2) is 4.79 Å². The average molecular weight is 429 g/mol. The number of carbonyl (C=O) groups is 2. The predicted octanol–water partition coefficient (Wildman–Crippen LogP) is 2.91. The average Bonchev–Trinajstić information content (AvgIpc) is 2.82. The number of nitriles is 1. The maximum atomic E-state index is 12.5. The van der Waals surface area contributed by atoms with Gasteiger partial charge in [-0.1, -0.05) is 19.3 Å². The molecular weight excluding hydrogens is 396 g/mol. The molecule has 1 aromatic rings. The van der Waals surface area contributed by atoms with Crippen molar-refractivity contribution in [2.45, 2.75) is 51.0 Å². The number of rotatable bonds is 7. The van der Waals surface area contributed by atoms with E-state index >= 15 is 0 Å². The van der Waals surface area contributed by atoms with E-state index in [2.05, 4.69) is 11.4 Å². The van der Waals surface area contributed by atoms with Gasteiger partial charge in [0.15, 0.2) is 11.5 Å². The number of urea groups is 1. The summed E-state index contributed by atoms with van der Waals surface area (Å²) >= 11 is 0. The maximum Gasteiger partial charge on any atom is 0.317 e. The summed E-state index contributed by atoms with van der Waals surface area (Å²) in [6, 6.07) is 7.38. The zero-order valence-electron chi connectivity index (χ0n) is 18.3. The number of methoxy groups -OCH3 is 1. The van der Waals surface area contributed by atoms with Gasteiger partial charge in [0.1, 0.15) is 0 Å². The number of nitrogens with zero attached hydrogens (tertiary/aromatic N) is 3. The number of benzene rings is 1. The summed E-state index contributed by atoms with van der Waals surface area (Å²) in [5.41, 5.74) is 0.506. The second kappa shape index (κ2) is 11.4. The molecule has 3 rings (SSSR count). The Morgan fingerprint density at radius 1 is 1.10 bits per heavy atom. The minimum Gasteiger partial charge on any atom is -0.493 e. The fourth-order valence-corrected chi connectivity index (χ4v) is 4.09. The van der Waals surface area contributed by atoms with E-state index in [1.165, 1.54) is 26.4 Å². The van der Waals surface area contributed by atoms with Crippen LogP contribution in [0.3, 0.4) is 0 Å². The van der Waals surface area contributed by atoms with E-state index in [4.69, 9.17) is 14.7 Å². The van der Waals surface area contributed by atoms with Crippen LogP contribution in [0.15, 0.2) is 18.2 Å². The van der Waals surface area contributed by atoms with Gasteiger partial charge in [0.25, 0.3) is 0 Å². The van der Waals surface area contributed by atoms with E-state index < -0.39 is 0 Å². The Morgan fingerprint density at radius 3 is 2.48 bits per heavy atom. The molecular formula is C23H32N4O4. The number of hydrogen-bond acceptors (Lipinski definition) is 5. The van der Waals surface area contributed by atoms with Crippen molar-refractivity contribution in [3.05, 3.63) is 23.8 Å². The van der Waals surface area contributed by atoms with Crippen LogP contribution in [0.5, 0.6) is 11.5 Å². The normalized spacial score (nSPS) is 17.0. The summed E-state index contributed by atoms with van der Waals surface area (Å²) in [5, 5.41) is 12.1. The zero-order chi connectivity index (χ0) is 22.1. The molecule has 2 aliphatic rings. The molecule has 1 aliphatic carbocycles. The summed E-state index contributed by atoms with van der Waals surface area (Å²) in [6.45, 7) is 2.67. The molecule has 1 aliphatic heterocycles. The fraction of sp³-hybridized carbons (Fsp3) is 0.609. The van der Waals surface area contributed by atoms with Gasteiger partial charge in [0.2, 0.25) is 5.91 Å². The monoisotopic (exact) mass is 428 g/mol. The highest BCUT2D eigenvalue weighted by Gasteiger charge is 2.25. The molecule has 1 aromatic carbocycles. The summed E-state index contributed by atoms with van der Waals surface area (Å²) < 4.78 is 11.0. The molecule has 31 heavy (non-hydrogen) atoms. The molecule has 3 amide bonds. The SMILES string of the molecule is COc1cc(C#N)ccc1OCCCC(=O)N1CCN(C(=O)NC2CCCCC2)CC1. The number of nitrogens with one attached hydrogen (secondary N) is 1. The third kappa shape index (κ3) is 6.51. The zero-order valence-corrected chi connectivity index (χ0v) is 18.3. The fourth-order valence-electron chi connectivity index (χ4n) is 4.09. The van der Waals surface area contributed by atoms with Gasteiger partial charge in [-0.05, 0) is 31.4 Å². The second-order valence-electron chi connectivity index (χ2n) is 8.08. The van der Waals surface area contributed by atoms with Gasteiger partial charge in [-0.3, -0.25) is 4.79 Å². The number of amides is 3. The molecule has 2 fully saturated rings. The quantitative estimate of drug-likeness (QED) is 0.674. The van der Waals surface area contributed by atoms with Crippen molar-refractivity contribution >= 4 is 11.9 Å². The van der Waals surface area contributed by atoms with Gasteiger partial charge in [0, 0.05) is 44.7 Å². The van der Waals surface area contributed by atoms with E-state index in [0.717, 1.165) is 12.8 Å². The lowest BCUT2D eigenvalue weighted by Gasteiger charge is -2.36. The Balaban J connectivity index is 1.35. The molecule has 0 atom stereocenters. The van der Waals surface area contributed by atoms with Crippen molar-refractivity contribution in [2.75, 3.05) is 39.9 Å². The smallest absolute Gasteiger partial charge is 0.317 e. The number of piperazine rings is 1. The lowest BCUT2D eigenvalue weighted by molar-refractivity contribution is -0.132. The van der Waals surface area contributed by atoms with Crippen molar-refractivity contribution < 1.29 is 19.1 Å². The van der Waals surface area contributed by atoms with Crippen LogP contribution in [0, 0.1) is 11.3 Å². The van der Waals surface area contributed by atoms with E-state index in [-0.39, 0.29) is 11.9 Å². The first-order chi connectivity index (χ1) is 15.1. The minimum atomic E-state index is 0.00348. The Morgan fingerprint density at radius 2 is 1.81 bits per heavy atom. The molecule has 0 bridgehead atoms. The Bertz CT molecular complexity index is 793. The Labute approximate surface area is 184 Å². The Kier molecular flexibility index (Phi) is 8.39. The molecule has 1 N–H and O–H groups in total. The van der Waals surface area contributed by atoms with Crippen LogP contribution in [0.2, 0.25) is 0 Å². The topological polar surface area (TPSA) is 94.9 Å². The number of carbonyl (C=O) groups excluding carboxylic acids is 2. The molecule has 1 heterocycles. The van der Waals surface area contributed by atoms with Gasteiger partial charge in [-0.2, -0.15) is 5.26 Å². The maximum absolute atomic E-state index is 12.5. The summed E-state index contributed by atoms with van der Waals surface area (Å²) in [7, 11) is 1.53. The molecule has 0 spiro atoms. The number of ether oxygens (including phenoxy) is 2. The predicted molar refractivity (Wildman–Crippen MR) is 116 cm³/mol. The molecule has 168 valence electrons. The summed E-state index contributed by atoms with van der Waals surface area (Å²) in [4.78, 5) is 28.6. The van der Waals surface area contributed by atoms with Crippen molar-refractivity contribution in [3.63, 3.8) is 0 Å². The van der Waals surface area contributed by atoms with Crippen LogP contribution in [0.4, 0.5) is 4.79 Å². The lowest BCUT2D eigenvalue weighted by atomic mass is 9.96. The molecule has 8 heteroatoms. The minimum absolute atomic E-state index is 0.00348. The van der Waals surface area contributed by atoms with Crippen LogP contribution in [-0.2, 0) is 4.79 Å². The van der Waals surface area contributed by atoms with Crippen LogP contribution >= 0.6 is 0 Å². The number of hydrogen-bond donors (Lipinski definition) is 1. The van der Waals surface area contributed by atoms with E-state index in [1.807, 2.05) is 9.80 Å². The van der Waals surface area contributed by atoms with E-state index in [9.17, 15) is 9.59 Å². The molecule has 8 nitrogen and oxygen atoms in total. The molecule has 0 radical (unpaired) electrons. The van der Waals surface area contributed by atoms with Gasteiger partial charge in [-0.15, -0.1) is 0 Å². The molecule has 0 aromatic heterocycles. The van der Waals surface area contributed by atoms with Crippen LogP contribution in [-0.4, -0.2) is 67.7 Å². The first-order valence-corrected chi connectivity index (χ1v) is 11.1. The molecule has 1 saturated heterocycles. The largest absolute Gasteiger partial charge is 0.493 e. The van der Waals surface area contributed by atoms with Crippen LogP contribution in [0.25, 0.3) is 0 Å². The third-order valence-corrected chi connectivity index (χ3v) is 5.94. The van der Waals surface area contributed by atoms with Crippen LogP contribution < -0.4 is 14.8 Å². The van der Waals surface area contributed by atoms with Gasteiger partial charge in [0.05, 0.1) is 25.3 Å². The highest BCUT2D eigenvalue weighted by atomic mass is 16.5. The third-order valence-electron chi connectivity index (χ3n) is 5.94. The van der Waals surface area contributed by atoms with Crippen molar-refractivity contribution in [2.24, 2.45) is 0 Å². The molecule has 1 saturated carbocycles. The lowest BCUT2D eigenvalue weighted by Crippen LogP contribution is -2.54. The van der Waals surface area contributed by atoms with E-state index in [0.29, 0.717) is 68.7 Å². The first-order valence-electron chi connectivity index (χ1n) is 11.1. The van der Waals surface area contributed by atoms with E-state index in [1.54, 1.807) is 18.2 Å². The highest BCUT2D eigenvalue weighted by Crippen LogP contribution is 2.28. The second-order valence-corrected chi connectivity index (χ2v) is 8.08. The molecule has 0 unspecified atom stereocenters. The van der Waals surface area contributed by atoms with Gasteiger partial charge < -0.3 is 24.6 Å². The van der Waals surface area contributed by atoms with Crippen molar-refractivity contribution in [1.82, 2.24) is 15.1 Å². The first kappa shape index (κ1) is 22.7. The summed E-state index contributed by atoms with van der Waals surface area (Å²) in [5.74, 6) is 1.15. The van der Waals surface area contributed by atoms with Gasteiger partial charge >= 0.3 is 6.03 Å².